The number of thioether (sulfide) groups is 1. The number of aromatic nitrogens is 1. The van der Waals surface area contributed by atoms with Gasteiger partial charge < -0.3 is 14.0 Å². The van der Waals surface area contributed by atoms with Crippen molar-refractivity contribution in [1.29, 1.82) is 0 Å². The van der Waals surface area contributed by atoms with Crippen LogP contribution < -0.4 is 9.47 Å². The van der Waals surface area contributed by atoms with Crippen molar-refractivity contribution in [3.05, 3.63) is 68.8 Å². The second-order valence-electron chi connectivity index (χ2n) is 10.1. The van der Waals surface area contributed by atoms with Gasteiger partial charge in [-0.05, 0) is 71.6 Å². The normalized spacial score (nSPS) is 15.5. The van der Waals surface area contributed by atoms with Crippen molar-refractivity contribution in [3.63, 3.8) is 0 Å². The topological polar surface area (TPSA) is 122 Å². The zero-order valence-electron chi connectivity index (χ0n) is 23.0. The van der Waals surface area contributed by atoms with E-state index in [0.717, 1.165) is 56.6 Å². The zero-order valence-corrected chi connectivity index (χ0v) is 27.9. The molecule has 0 aliphatic carbocycles. The highest BCUT2D eigenvalue weighted by Gasteiger charge is 2.28. The van der Waals surface area contributed by atoms with Gasteiger partial charge in [-0.3, -0.25) is 0 Å². The molecule has 8 nitrogen and oxygen atoms in total. The Kier molecular flexibility index (Phi) is 8.74. The van der Waals surface area contributed by atoms with E-state index in [1.165, 1.54) is 0 Å². The molecule has 0 fully saturated rings. The molecule has 3 aromatic heterocycles. The van der Waals surface area contributed by atoms with E-state index in [9.17, 15) is 25.9 Å². The second kappa shape index (κ2) is 12.2. The van der Waals surface area contributed by atoms with E-state index in [4.69, 9.17) is 0 Å². The summed E-state index contributed by atoms with van der Waals surface area (Å²) in [6.07, 6.45) is 5.38. The van der Waals surface area contributed by atoms with Crippen LogP contribution in [0, 0.1) is 0 Å². The molecule has 0 amide bonds. The number of allylic oxidation sites excluding steroid dienone is 2. The van der Waals surface area contributed by atoms with Crippen LogP contribution in [0.1, 0.15) is 31.2 Å². The lowest BCUT2D eigenvalue weighted by atomic mass is 10.1. The van der Waals surface area contributed by atoms with Crippen molar-refractivity contribution in [2.24, 2.45) is 0 Å². The smallest absolute Gasteiger partial charge is 0.263 e. The highest BCUT2D eigenvalue weighted by Crippen LogP contribution is 2.50. The van der Waals surface area contributed by atoms with Gasteiger partial charge in [-0.1, -0.05) is 30.0 Å². The standard InChI is InChI=1S/C29H28N2O6S6/c1-2-19(17-26-30(11-3-15-42(32,33)34)28-20-9-13-38-22(20)5-7-24(28)40-26)18-27-31(12-4-16-43(35,36)37)29-21-10-14-39-23(21)6-8-25(29)41-27/h5-10,13-14,17-18H,2-4,11-12,15-16H2,1H3,(H-,32,33,34,35,36,37)/p-1. The van der Waals surface area contributed by atoms with Crippen LogP contribution in [0.2, 0.25) is 0 Å². The Morgan fingerprint density at radius 2 is 1.53 bits per heavy atom. The van der Waals surface area contributed by atoms with Crippen LogP contribution in [0.5, 0.6) is 0 Å². The molecule has 0 atom stereocenters. The van der Waals surface area contributed by atoms with Gasteiger partial charge in [0.05, 0.1) is 36.3 Å². The molecule has 0 spiro atoms. The Bertz CT molecular complexity index is 2120. The first-order chi connectivity index (χ1) is 20.5. The van der Waals surface area contributed by atoms with Crippen LogP contribution in [-0.4, -0.2) is 44.0 Å². The van der Waals surface area contributed by atoms with Gasteiger partial charge in [0.1, 0.15) is 4.70 Å². The maximum Gasteiger partial charge on any atom is 0.263 e. The molecule has 2 aromatic carbocycles. The van der Waals surface area contributed by atoms with E-state index < -0.39 is 31.7 Å². The summed E-state index contributed by atoms with van der Waals surface area (Å²) in [6.45, 7) is 2.85. The van der Waals surface area contributed by atoms with E-state index in [1.807, 2.05) is 10.8 Å². The van der Waals surface area contributed by atoms with E-state index in [-0.39, 0.29) is 12.8 Å². The Hall–Kier alpha value is -2.30. The number of thiazole rings is 1. The summed E-state index contributed by atoms with van der Waals surface area (Å²) in [5.41, 5.74) is 3.10. The summed E-state index contributed by atoms with van der Waals surface area (Å²) in [5.74, 6) is -0.852. The fourth-order valence-corrected chi connectivity index (χ4v) is 10.2. The molecule has 0 unspecified atom stereocenters. The molecule has 0 N–H and O–H groups in total. The summed E-state index contributed by atoms with van der Waals surface area (Å²) in [6, 6.07) is 12.5. The molecule has 1 aliphatic rings. The van der Waals surface area contributed by atoms with Gasteiger partial charge in [0, 0.05) is 50.2 Å². The first kappa shape index (κ1) is 30.7. The van der Waals surface area contributed by atoms with Gasteiger partial charge in [-0.25, -0.2) is 16.8 Å². The van der Waals surface area contributed by atoms with Crippen LogP contribution >= 0.6 is 45.8 Å². The monoisotopic (exact) mass is 691 g/mol. The van der Waals surface area contributed by atoms with Crippen molar-refractivity contribution in [3.8, 4) is 0 Å². The number of benzene rings is 2. The minimum Gasteiger partial charge on any atom is -0.748 e. The molecule has 5 aromatic rings. The predicted molar refractivity (Wildman–Crippen MR) is 177 cm³/mol. The molecule has 226 valence electrons. The summed E-state index contributed by atoms with van der Waals surface area (Å²) >= 11 is 6.54. The molecule has 1 aliphatic heterocycles. The first-order valence-corrected chi connectivity index (χ1v) is 20.1. The third-order valence-corrected chi connectivity index (χ3v) is 12.8. The lowest BCUT2D eigenvalue weighted by molar-refractivity contribution is -0.667. The summed E-state index contributed by atoms with van der Waals surface area (Å²) in [7, 11) is -8.65. The average molecular weight is 692 g/mol. The molecule has 4 heterocycles. The van der Waals surface area contributed by atoms with Crippen molar-refractivity contribution in [2.75, 3.05) is 23.0 Å². The minimum atomic E-state index is -4.33. The van der Waals surface area contributed by atoms with Crippen molar-refractivity contribution < 1.29 is 30.5 Å². The van der Waals surface area contributed by atoms with Crippen molar-refractivity contribution >= 4 is 108 Å². The number of thiophene rings is 2. The molecule has 0 radical (unpaired) electrons. The van der Waals surface area contributed by atoms with Crippen LogP contribution in [0.4, 0.5) is 5.69 Å². The maximum atomic E-state index is 11.4. The van der Waals surface area contributed by atoms with E-state index in [2.05, 4.69) is 64.9 Å². The third-order valence-electron chi connectivity index (χ3n) is 7.22. The number of nitrogens with zero attached hydrogens (tertiary/aromatic N) is 2. The van der Waals surface area contributed by atoms with Gasteiger partial charge in [0.25, 0.3) is 5.01 Å². The highest BCUT2D eigenvalue weighted by atomic mass is 32.2. The lowest BCUT2D eigenvalue weighted by Crippen LogP contribution is -2.36. The maximum absolute atomic E-state index is 11.4. The van der Waals surface area contributed by atoms with Crippen LogP contribution in [-0.2, 0) is 26.8 Å². The van der Waals surface area contributed by atoms with Gasteiger partial charge in [0.15, 0.2) is 6.54 Å². The molecule has 14 heteroatoms. The number of hydrogen-bond acceptors (Lipinski definition) is 11. The number of hydrogen-bond donors (Lipinski definition) is 0. The fraction of sp³-hybridized carbons (Fsp3) is 0.276. The zero-order chi connectivity index (χ0) is 30.4. The largest absolute Gasteiger partial charge is 0.748 e. The SMILES string of the molecule is CCC(=Cc1sc2ccc3sccc3c2[n+]1CCCS(=O)(=O)[O-])C=C1Sc2ccc3sccc3c2N1CCCS(=O)(=O)[O-]. The number of aryl methyl sites for hydroxylation is 1. The quantitative estimate of drug-likeness (QED) is 0.110. The second-order valence-corrected chi connectivity index (χ2v) is 17.2. The van der Waals surface area contributed by atoms with Crippen molar-refractivity contribution in [1.82, 2.24) is 0 Å². The molecular formula is C29H27N2O6S6-. The summed E-state index contributed by atoms with van der Waals surface area (Å²) in [5, 5.41) is 8.18. The van der Waals surface area contributed by atoms with Gasteiger partial charge >= 0.3 is 0 Å². The van der Waals surface area contributed by atoms with Gasteiger partial charge in [-0.15, -0.1) is 22.7 Å². The van der Waals surface area contributed by atoms with Crippen LogP contribution in [0.3, 0.4) is 0 Å². The molecule has 0 saturated heterocycles. The van der Waals surface area contributed by atoms with Crippen LogP contribution in [0.15, 0.2) is 68.7 Å². The van der Waals surface area contributed by atoms with Gasteiger partial charge in [-0.2, -0.15) is 4.57 Å². The number of rotatable bonds is 11. The third kappa shape index (κ3) is 6.71. The first-order valence-electron chi connectivity index (χ1n) is 13.6. The molecular weight excluding hydrogens is 665 g/mol. The summed E-state index contributed by atoms with van der Waals surface area (Å²) in [4.78, 5) is 3.20. The predicted octanol–water partition coefficient (Wildman–Crippen LogP) is 6.74. The Morgan fingerprint density at radius 3 is 2.26 bits per heavy atom. The fourth-order valence-electron chi connectivity index (χ4n) is 5.32. The lowest BCUT2D eigenvalue weighted by Gasteiger charge is -2.22. The molecule has 0 saturated carbocycles. The molecule has 0 bridgehead atoms. The Labute approximate surface area is 266 Å². The Balaban J connectivity index is 1.42. The van der Waals surface area contributed by atoms with Crippen molar-refractivity contribution in [2.45, 2.75) is 37.6 Å². The molecule has 43 heavy (non-hydrogen) atoms. The Morgan fingerprint density at radius 1 is 0.884 bits per heavy atom. The van der Waals surface area contributed by atoms with E-state index >= 15 is 0 Å². The molecule has 6 rings (SSSR count). The summed E-state index contributed by atoms with van der Waals surface area (Å²) < 4.78 is 73.7. The minimum absolute atomic E-state index is 0.213. The number of anilines is 1. The van der Waals surface area contributed by atoms with Gasteiger partial charge in [0.2, 0.25) is 5.52 Å². The van der Waals surface area contributed by atoms with Crippen LogP contribution in [0.25, 0.3) is 36.5 Å². The van der Waals surface area contributed by atoms with E-state index in [1.54, 1.807) is 45.8 Å². The highest BCUT2D eigenvalue weighted by molar-refractivity contribution is 8.03. The number of fused-ring (bicyclic) bond motifs is 6. The van der Waals surface area contributed by atoms with E-state index in [0.29, 0.717) is 19.5 Å². The average Bonchev–Trinajstić information content (AvgIpc) is 3.71.